The molecule has 1 saturated carbocycles. The summed E-state index contributed by atoms with van der Waals surface area (Å²) in [6.07, 6.45) is 8.64. The quantitative estimate of drug-likeness (QED) is 0.467. The summed E-state index contributed by atoms with van der Waals surface area (Å²) in [7, 11) is 1.83. The molecule has 0 amide bonds. The van der Waals surface area contributed by atoms with Crippen LogP contribution < -0.4 is 10.6 Å². The molecule has 3 rings (SSSR count). The van der Waals surface area contributed by atoms with E-state index in [0.29, 0.717) is 0 Å². The number of rotatable bonds is 7. The number of guanidine groups is 1. The van der Waals surface area contributed by atoms with Gasteiger partial charge in [-0.25, -0.2) is 0 Å². The molecule has 2 aromatic rings. The van der Waals surface area contributed by atoms with E-state index < -0.39 is 0 Å². The number of aliphatic imine (C=N–C) groups is 1. The molecular formula is C19H27N5. The van der Waals surface area contributed by atoms with Crippen LogP contribution >= 0.6 is 0 Å². The van der Waals surface area contributed by atoms with E-state index in [9.17, 15) is 0 Å². The van der Waals surface area contributed by atoms with Crippen molar-refractivity contribution in [2.75, 3.05) is 20.1 Å². The second-order valence-electron chi connectivity index (χ2n) is 6.48. The predicted molar refractivity (Wildman–Crippen MR) is 98.2 cm³/mol. The predicted octanol–water partition coefficient (Wildman–Crippen LogP) is 2.56. The zero-order valence-corrected chi connectivity index (χ0v) is 14.4. The average molecular weight is 325 g/mol. The molecule has 2 N–H and O–H groups in total. The standard InChI is InChI=1S/C19H27N5/c1-20-18(21-12-6-14-24-15-7-13-23-24)22-16-19(10-5-11-19)17-8-3-2-4-9-17/h2-4,7-9,13,15H,5-6,10-12,14,16H2,1H3,(H2,20,21,22). The normalized spacial score (nSPS) is 16.5. The van der Waals surface area contributed by atoms with Crippen molar-refractivity contribution in [2.24, 2.45) is 4.99 Å². The highest BCUT2D eigenvalue weighted by molar-refractivity contribution is 5.79. The topological polar surface area (TPSA) is 54.2 Å². The summed E-state index contributed by atoms with van der Waals surface area (Å²) in [5, 5.41) is 11.1. The van der Waals surface area contributed by atoms with Gasteiger partial charge in [0.25, 0.3) is 0 Å². The molecule has 128 valence electrons. The molecule has 1 fully saturated rings. The Labute approximate surface area is 144 Å². The van der Waals surface area contributed by atoms with Gasteiger partial charge in [0.15, 0.2) is 5.96 Å². The molecular weight excluding hydrogens is 298 g/mol. The highest BCUT2D eigenvalue weighted by Gasteiger charge is 2.38. The number of aryl methyl sites for hydroxylation is 1. The maximum atomic E-state index is 4.35. The molecule has 1 aliphatic carbocycles. The van der Waals surface area contributed by atoms with Crippen LogP contribution in [0, 0.1) is 0 Å². The third kappa shape index (κ3) is 3.96. The maximum absolute atomic E-state index is 4.35. The van der Waals surface area contributed by atoms with Gasteiger partial charge in [-0.2, -0.15) is 5.10 Å². The summed E-state index contributed by atoms with van der Waals surface area (Å²) in [5.41, 5.74) is 1.71. The number of aromatic nitrogens is 2. The number of nitrogens with zero attached hydrogens (tertiary/aromatic N) is 3. The van der Waals surface area contributed by atoms with Crippen LogP contribution in [0.3, 0.4) is 0 Å². The number of nitrogens with one attached hydrogen (secondary N) is 2. The lowest BCUT2D eigenvalue weighted by atomic mass is 9.64. The van der Waals surface area contributed by atoms with E-state index in [-0.39, 0.29) is 5.41 Å². The molecule has 24 heavy (non-hydrogen) atoms. The van der Waals surface area contributed by atoms with Crippen molar-refractivity contribution in [3.05, 3.63) is 54.4 Å². The maximum Gasteiger partial charge on any atom is 0.191 e. The van der Waals surface area contributed by atoms with E-state index in [4.69, 9.17) is 0 Å². The molecule has 0 aliphatic heterocycles. The van der Waals surface area contributed by atoms with E-state index >= 15 is 0 Å². The third-order valence-electron chi connectivity index (χ3n) is 4.93. The first-order chi connectivity index (χ1) is 11.8. The summed E-state index contributed by atoms with van der Waals surface area (Å²) in [5.74, 6) is 0.887. The third-order valence-corrected chi connectivity index (χ3v) is 4.93. The van der Waals surface area contributed by atoms with Crippen LogP contribution in [0.2, 0.25) is 0 Å². The van der Waals surface area contributed by atoms with Crippen LogP contribution in [-0.2, 0) is 12.0 Å². The lowest BCUT2D eigenvalue weighted by Gasteiger charge is -2.43. The fourth-order valence-electron chi connectivity index (χ4n) is 3.32. The smallest absolute Gasteiger partial charge is 0.191 e. The Bertz CT molecular complexity index is 629. The van der Waals surface area contributed by atoms with Crippen molar-refractivity contribution < 1.29 is 0 Å². The first-order valence-corrected chi connectivity index (χ1v) is 8.80. The number of hydrogen-bond donors (Lipinski definition) is 2. The Hall–Kier alpha value is -2.30. The lowest BCUT2D eigenvalue weighted by molar-refractivity contribution is 0.244. The van der Waals surface area contributed by atoms with Crippen LogP contribution in [-0.4, -0.2) is 35.9 Å². The molecule has 0 atom stereocenters. The fourth-order valence-corrected chi connectivity index (χ4v) is 3.32. The summed E-state index contributed by atoms with van der Waals surface area (Å²) in [6, 6.07) is 12.8. The summed E-state index contributed by atoms with van der Waals surface area (Å²) < 4.78 is 1.95. The molecule has 1 aromatic carbocycles. The van der Waals surface area contributed by atoms with Gasteiger partial charge in [-0.3, -0.25) is 9.67 Å². The van der Waals surface area contributed by atoms with Gasteiger partial charge in [0.05, 0.1) is 0 Å². The first-order valence-electron chi connectivity index (χ1n) is 8.80. The molecule has 1 aromatic heterocycles. The van der Waals surface area contributed by atoms with Crippen molar-refractivity contribution in [3.63, 3.8) is 0 Å². The average Bonchev–Trinajstić information content (AvgIpc) is 3.10. The van der Waals surface area contributed by atoms with Gasteiger partial charge in [0.2, 0.25) is 0 Å². The largest absolute Gasteiger partial charge is 0.356 e. The van der Waals surface area contributed by atoms with Gasteiger partial charge in [-0.15, -0.1) is 0 Å². The number of benzene rings is 1. The van der Waals surface area contributed by atoms with Gasteiger partial charge in [-0.05, 0) is 30.9 Å². The minimum Gasteiger partial charge on any atom is -0.356 e. The van der Waals surface area contributed by atoms with Crippen LogP contribution in [0.15, 0.2) is 53.8 Å². The van der Waals surface area contributed by atoms with Crippen LogP contribution in [0.25, 0.3) is 0 Å². The van der Waals surface area contributed by atoms with Gasteiger partial charge in [-0.1, -0.05) is 36.8 Å². The Kier molecular flexibility index (Phi) is 5.51. The molecule has 0 spiro atoms. The molecule has 0 saturated heterocycles. The second kappa shape index (κ2) is 7.99. The van der Waals surface area contributed by atoms with Crippen LogP contribution in [0.1, 0.15) is 31.2 Å². The summed E-state index contributed by atoms with van der Waals surface area (Å²) in [4.78, 5) is 4.35. The van der Waals surface area contributed by atoms with Gasteiger partial charge in [0, 0.05) is 44.5 Å². The molecule has 1 heterocycles. The minimum absolute atomic E-state index is 0.272. The summed E-state index contributed by atoms with van der Waals surface area (Å²) in [6.45, 7) is 2.75. The second-order valence-corrected chi connectivity index (χ2v) is 6.48. The van der Waals surface area contributed by atoms with E-state index in [1.807, 2.05) is 30.2 Å². The molecule has 5 nitrogen and oxygen atoms in total. The van der Waals surface area contributed by atoms with E-state index in [0.717, 1.165) is 32.0 Å². The van der Waals surface area contributed by atoms with E-state index in [1.165, 1.54) is 24.8 Å². The zero-order valence-electron chi connectivity index (χ0n) is 14.4. The SMILES string of the molecule is CN=C(NCCCn1cccn1)NCC1(c2ccccc2)CCC1. The van der Waals surface area contributed by atoms with Gasteiger partial charge >= 0.3 is 0 Å². The zero-order chi connectivity index (χ0) is 16.7. The minimum atomic E-state index is 0.272. The summed E-state index contributed by atoms with van der Waals surface area (Å²) >= 11 is 0. The molecule has 5 heteroatoms. The first kappa shape index (κ1) is 16.6. The highest BCUT2D eigenvalue weighted by atomic mass is 15.3. The Morgan fingerprint density at radius 2 is 2.04 bits per heavy atom. The lowest BCUT2D eigenvalue weighted by Crippen LogP contribution is -2.49. The van der Waals surface area contributed by atoms with Crippen LogP contribution in [0.5, 0.6) is 0 Å². The van der Waals surface area contributed by atoms with Crippen molar-refractivity contribution in [3.8, 4) is 0 Å². The van der Waals surface area contributed by atoms with Crippen molar-refractivity contribution in [2.45, 2.75) is 37.6 Å². The van der Waals surface area contributed by atoms with Crippen molar-refractivity contribution in [1.82, 2.24) is 20.4 Å². The molecule has 0 radical (unpaired) electrons. The Morgan fingerprint density at radius 1 is 1.21 bits per heavy atom. The van der Waals surface area contributed by atoms with E-state index in [2.05, 4.69) is 51.1 Å². The molecule has 1 aliphatic rings. The van der Waals surface area contributed by atoms with Crippen molar-refractivity contribution >= 4 is 5.96 Å². The van der Waals surface area contributed by atoms with Crippen LogP contribution in [0.4, 0.5) is 0 Å². The molecule has 0 bridgehead atoms. The highest BCUT2D eigenvalue weighted by Crippen LogP contribution is 2.43. The Balaban J connectivity index is 1.45. The van der Waals surface area contributed by atoms with Gasteiger partial charge < -0.3 is 10.6 Å². The molecule has 0 unspecified atom stereocenters. The monoisotopic (exact) mass is 325 g/mol. The van der Waals surface area contributed by atoms with Gasteiger partial charge in [0.1, 0.15) is 0 Å². The van der Waals surface area contributed by atoms with E-state index in [1.54, 1.807) is 0 Å². The number of hydrogen-bond acceptors (Lipinski definition) is 2. The van der Waals surface area contributed by atoms with Crippen molar-refractivity contribution in [1.29, 1.82) is 0 Å². The fraction of sp³-hybridized carbons (Fsp3) is 0.474. The Morgan fingerprint density at radius 3 is 2.67 bits per heavy atom.